The molecule has 1 aromatic carbocycles. The van der Waals surface area contributed by atoms with E-state index in [4.69, 9.17) is 10.5 Å². The van der Waals surface area contributed by atoms with Crippen LogP contribution in [0.1, 0.15) is 18.4 Å². The van der Waals surface area contributed by atoms with E-state index in [1.54, 1.807) is 20.4 Å². The van der Waals surface area contributed by atoms with Crippen LogP contribution >= 0.6 is 0 Å². The molecule has 0 amide bonds. The van der Waals surface area contributed by atoms with Gasteiger partial charge in [-0.2, -0.15) is 0 Å². The summed E-state index contributed by atoms with van der Waals surface area (Å²) in [7, 11) is 3.32. The fourth-order valence-electron chi connectivity index (χ4n) is 3.20. The fraction of sp³-hybridized carbons (Fsp3) is 0.300. The molecule has 1 aromatic heterocycles. The van der Waals surface area contributed by atoms with Crippen molar-refractivity contribution in [3.05, 3.63) is 60.9 Å². The number of hydrogen-bond donors (Lipinski definition) is 2. The molecule has 1 aliphatic rings. The van der Waals surface area contributed by atoms with Crippen molar-refractivity contribution in [2.45, 2.75) is 18.4 Å². The summed E-state index contributed by atoms with van der Waals surface area (Å²) < 4.78 is 5.29. The van der Waals surface area contributed by atoms with Gasteiger partial charge in [0, 0.05) is 18.8 Å². The van der Waals surface area contributed by atoms with Crippen molar-refractivity contribution in [3.63, 3.8) is 0 Å². The Hall–Kier alpha value is -2.82. The van der Waals surface area contributed by atoms with E-state index in [9.17, 15) is 0 Å². The van der Waals surface area contributed by atoms with E-state index in [0.29, 0.717) is 11.9 Å². The molecule has 3 N–H and O–H groups in total. The quantitative estimate of drug-likeness (QED) is 0.483. The summed E-state index contributed by atoms with van der Waals surface area (Å²) in [5, 5.41) is 3.38. The third-order valence-electron chi connectivity index (χ3n) is 4.74. The highest BCUT2D eigenvalue weighted by molar-refractivity contribution is 5.79. The number of rotatable bonds is 6. The summed E-state index contributed by atoms with van der Waals surface area (Å²) in [6.07, 6.45) is 7.77. The Morgan fingerprint density at radius 2 is 2.16 bits per heavy atom. The van der Waals surface area contributed by atoms with Gasteiger partial charge in [-0.3, -0.25) is 9.98 Å². The van der Waals surface area contributed by atoms with Crippen LogP contribution in [0, 0.1) is 5.92 Å². The van der Waals surface area contributed by atoms with E-state index in [-0.39, 0.29) is 0 Å². The smallest absolute Gasteiger partial charge is 0.189 e. The predicted octanol–water partition coefficient (Wildman–Crippen LogP) is 3.08. The molecule has 0 saturated heterocycles. The second-order valence-electron chi connectivity index (χ2n) is 6.28. The summed E-state index contributed by atoms with van der Waals surface area (Å²) in [6.45, 7) is 4.08. The molecule has 3 rings (SSSR count). The highest BCUT2D eigenvalue weighted by Gasteiger charge is 2.45. The lowest BCUT2D eigenvalue weighted by Crippen LogP contribution is -2.49. The van der Waals surface area contributed by atoms with Crippen molar-refractivity contribution >= 4 is 5.96 Å². The molecule has 1 unspecified atom stereocenters. The zero-order valence-corrected chi connectivity index (χ0v) is 14.7. The molecule has 1 heterocycles. The van der Waals surface area contributed by atoms with Gasteiger partial charge in [-0.15, -0.1) is 6.58 Å². The van der Waals surface area contributed by atoms with Crippen molar-refractivity contribution in [1.29, 1.82) is 0 Å². The Bertz CT molecular complexity index is 798. The Morgan fingerprint density at radius 3 is 2.80 bits per heavy atom. The highest BCUT2D eigenvalue weighted by atomic mass is 16.5. The van der Waals surface area contributed by atoms with Crippen molar-refractivity contribution in [1.82, 2.24) is 10.3 Å². The first-order chi connectivity index (χ1) is 12.1. The topological polar surface area (TPSA) is 72.5 Å². The molecule has 0 bridgehead atoms. The third-order valence-corrected chi connectivity index (χ3v) is 4.74. The van der Waals surface area contributed by atoms with Crippen LogP contribution in [-0.2, 0) is 5.54 Å². The number of guanidine groups is 1. The van der Waals surface area contributed by atoms with Crippen LogP contribution < -0.4 is 15.8 Å². The molecule has 2 aromatic rings. The van der Waals surface area contributed by atoms with Crippen LogP contribution in [0.4, 0.5) is 0 Å². The maximum absolute atomic E-state index is 5.99. The maximum Gasteiger partial charge on any atom is 0.189 e. The standard InChI is InChI=1S/C20H24N4O/c1-4-20(16-8-9-16,24-19(21)22-2)17-7-5-6-14(10-17)15-11-18(25-3)13-23-12-15/h4-7,10-13,16H,1,8-9H2,2-3H3,(H3,21,22,24). The second-order valence-corrected chi connectivity index (χ2v) is 6.28. The molecular formula is C20H24N4O. The van der Waals surface area contributed by atoms with Crippen LogP contribution in [0.25, 0.3) is 11.1 Å². The van der Waals surface area contributed by atoms with E-state index < -0.39 is 5.54 Å². The molecule has 1 saturated carbocycles. The van der Waals surface area contributed by atoms with E-state index in [0.717, 1.165) is 35.3 Å². The number of benzene rings is 1. The van der Waals surface area contributed by atoms with E-state index in [1.165, 1.54) is 0 Å². The van der Waals surface area contributed by atoms with Gasteiger partial charge in [0.1, 0.15) is 5.75 Å². The first-order valence-corrected chi connectivity index (χ1v) is 8.37. The van der Waals surface area contributed by atoms with Crippen LogP contribution in [-0.4, -0.2) is 25.1 Å². The van der Waals surface area contributed by atoms with Gasteiger partial charge in [0.15, 0.2) is 5.96 Å². The average molecular weight is 336 g/mol. The first-order valence-electron chi connectivity index (χ1n) is 8.37. The highest BCUT2D eigenvalue weighted by Crippen LogP contribution is 2.47. The molecule has 130 valence electrons. The molecule has 5 nitrogen and oxygen atoms in total. The number of aromatic nitrogens is 1. The van der Waals surface area contributed by atoms with Crippen molar-refractivity contribution < 1.29 is 4.74 Å². The summed E-state index contributed by atoms with van der Waals surface area (Å²) in [5.74, 6) is 1.62. The summed E-state index contributed by atoms with van der Waals surface area (Å²) in [6, 6.07) is 10.4. The van der Waals surface area contributed by atoms with Gasteiger partial charge >= 0.3 is 0 Å². The average Bonchev–Trinajstić information content (AvgIpc) is 3.51. The Balaban J connectivity index is 2.04. The number of nitrogens with zero attached hydrogens (tertiary/aromatic N) is 2. The summed E-state index contributed by atoms with van der Waals surface area (Å²) in [5.41, 5.74) is 8.78. The van der Waals surface area contributed by atoms with Crippen molar-refractivity contribution in [3.8, 4) is 16.9 Å². The number of hydrogen-bond acceptors (Lipinski definition) is 3. The lowest BCUT2D eigenvalue weighted by molar-refractivity contribution is 0.413. The van der Waals surface area contributed by atoms with E-state index in [2.05, 4.69) is 40.1 Å². The molecule has 5 heteroatoms. The zero-order chi connectivity index (χ0) is 17.9. The van der Waals surface area contributed by atoms with Crippen molar-refractivity contribution in [2.75, 3.05) is 14.2 Å². The molecule has 0 radical (unpaired) electrons. The molecule has 0 spiro atoms. The number of nitrogens with two attached hydrogens (primary N) is 1. The van der Waals surface area contributed by atoms with Crippen LogP contribution in [0.3, 0.4) is 0 Å². The van der Waals surface area contributed by atoms with E-state index in [1.807, 2.05) is 24.4 Å². The van der Waals surface area contributed by atoms with Gasteiger partial charge in [-0.1, -0.05) is 24.3 Å². The molecular weight excluding hydrogens is 312 g/mol. The summed E-state index contributed by atoms with van der Waals surface area (Å²) in [4.78, 5) is 8.32. The maximum atomic E-state index is 5.99. The SMILES string of the molecule is C=CC(NC(N)=NC)(c1cccc(-c2cncc(OC)c2)c1)C1CC1. The Labute approximate surface area is 148 Å². The predicted molar refractivity (Wildman–Crippen MR) is 102 cm³/mol. The first kappa shape index (κ1) is 17.0. The van der Waals surface area contributed by atoms with Gasteiger partial charge in [0.2, 0.25) is 0 Å². The normalized spacial score (nSPS) is 16.8. The molecule has 0 aliphatic heterocycles. The minimum Gasteiger partial charge on any atom is -0.495 e. The van der Waals surface area contributed by atoms with E-state index >= 15 is 0 Å². The molecule has 25 heavy (non-hydrogen) atoms. The van der Waals surface area contributed by atoms with Gasteiger partial charge in [0.25, 0.3) is 0 Å². The van der Waals surface area contributed by atoms with Gasteiger partial charge in [-0.05, 0) is 42.0 Å². The summed E-state index contributed by atoms with van der Waals surface area (Å²) >= 11 is 0. The van der Waals surface area contributed by atoms with Gasteiger partial charge in [0.05, 0.1) is 18.8 Å². The second kappa shape index (κ2) is 6.97. The zero-order valence-electron chi connectivity index (χ0n) is 14.7. The minimum atomic E-state index is -0.411. The lowest BCUT2D eigenvalue weighted by Gasteiger charge is -2.33. The van der Waals surface area contributed by atoms with Gasteiger partial charge < -0.3 is 15.8 Å². The number of aliphatic imine (C=N–C) groups is 1. The number of methoxy groups -OCH3 is 1. The number of pyridine rings is 1. The molecule has 1 aliphatic carbocycles. The van der Waals surface area contributed by atoms with Crippen molar-refractivity contribution in [2.24, 2.45) is 16.6 Å². The largest absolute Gasteiger partial charge is 0.495 e. The van der Waals surface area contributed by atoms with Crippen LogP contribution in [0.15, 0.2) is 60.4 Å². The van der Waals surface area contributed by atoms with Crippen LogP contribution in [0.5, 0.6) is 5.75 Å². The monoisotopic (exact) mass is 336 g/mol. The Morgan fingerprint density at radius 1 is 1.36 bits per heavy atom. The minimum absolute atomic E-state index is 0.411. The third kappa shape index (κ3) is 3.36. The number of ether oxygens (including phenoxy) is 1. The molecule has 1 fully saturated rings. The molecule has 1 atom stereocenters. The lowest BCUT2D eigenvalue weighted by atomic mass is 9.83. The van der Waals surface area contributed by atoms with Gasteiger partial charge in [-0.25, -0.2) is 0 Å². The Kier molecular flexibility index (Phi) is 4.74. The number of nitrogens with one attached hydrogen (secondary N) is 1. The van der Waals surface area contributed by atoms with Crippen LogP contribution in [0.2, 0.25) is 0 Å². The fourth-order valence-corrected chi connectivity index (χ4v) is 3.20.